The van der Waals surface area contributed by atoms with E-state index in [0.717, 1.165) is 6.42 Å². The van der Waals surface area contributed by atoms with Crippen molar-refractivity contribution in [3.05, 3.63) is 7.05 Å². The molecule has 0 aliphatic heterocycles. The average molecular weight is 130 g/mol. The van der Waals surface area contributed by atoms with Crippen LogP contribution in [-0.4, -0.2) is 17.8 Å². The fourth-order valence-corrected chi connectivity index (χ4v) is 0.791. The summed E-state index contributed by atoms with van der Waals surface area (Å²) in [5, 5.41) is 11.5. The van der Waals surface area contributed by atoms with Crippen LogP contribution in [0.3, 0.4) is 0 Å². The lowest BCUT2D eigenvalue weighted by molar-refractivity contribution is 0.234. The number of hydrogen-bond donors (Lipinski definition) is 2. The number of nitrogens with one attached hydrogen (secondary N) is 1. The van der Waals surface area contributed by atoms with E-state index < -0.39 is 0 Å². The third-order valence-electron chi connectivity index (χ3n) is 1.26. The molecule has 0 rings (SSSR count). The van der Waals surface area contributed by atoms with E-state index in [1.54, 1.807) is 0 Å². The Hall–Kier alpha value is -0.0800. The van der Waals surface area contributed by atoms with Crippen molar-refractivity contribution in [2.24, 2.45) is 5.92 Å². The van der Waals surface area contributed by atoms with E-state index in [2.05, 4.69) is 26.2 Å². The summed E-state index contributed by atoms with van der Waals surface area (Å²) in [4.78, 5) is 0. The van der Waals surface area contributed by atoms with Crippen molar-refractivity contribution in [2.75, 3.05) is 6.61 Å². The molecule has 0 saturated heterocycles. The maximum Gasteiger partial charge on any atom is 0.0584 e. The van der Waals surface area contributed by atoms with Crippen molar-refractivity contribution >= 4 is 0 Å². The SMILES string of the molecule is [CH2]NC(CO)CC(C)C. The molecule has 1 unspecified atom stereocenters. The van der Waals surface area contributed by atoms with Crippen molar-refractivity contribution in [2.45, 2.75) is 26.3 Å². The highest BCUT2D eigenvalue weighted by Gasteiger charge is 2.05. The molecule has 55 valence electrons. The van der Waals surface area contributed by atoms with Gasteiger partial charge in [-0.25, -0.2) is 0 Å². The zero-order valence-electron chi connectivity index (χ0n) is 6.22. The zero-order valence-corrected chi connectivity index (χ0v) is 6.22. The van der Waals surface area contributed by atoms with Crippen LogP contribution in [0.1, 0.15) is 20.3 Å². The van der Waals surface area contributed by atoms with Crippen LogP contribution in [0.5, 0.6) is 0 Å². The van der Waals surface area contributed by atoms with Gasteiger partial charge in [-0.15, -0.1) is 0 Å². The average Bonchev–Trinajstić information content (AvgIpc) is 1.82. The molecular formula is C7H16NO. The van der Waals surface area contributed by atoms with Crippen LogP contribution in [-0.2, 0) is 0 Å². The third-order valence-corrected chi connectivity index (χ3v) is 1.26. The Morgan fingerprint density at radius 1 is 1.56 bits per heavy atom. The Balaban J connectivity index is 3.31. The first-order chi connectivity index (χ1) is 4.20. The highest BCUT2D eigenvalue weighted by molar-refractivity contribution is 4.65. The molecule has 0 aliphatic carbocycles. The van der Waals surface area contributed by atoms with Gasteiger partial charge in [-0.1, -0.05) is 13.8 Å². The molecule has 0 amide bonds. The fourth-order valence-electron chi connectivity index (χ4n) is 0.791. The van der Waals surface area contributed by atoms with Gasteiger partial charge in [0.2, 0.25) is 0 Å². The van der Waals surface area contributed by atoms with Crippen molar-refractivity contribution in [3.63, 3.8) is 0 Å². The van der Waals surface area contributed by atoms with Crippen molar-refractivity contribution in [3.8, 4) is 0 Å². The number of hydrogen-bond acceptors (Lipinski definition) is 2. The second kappa shape index (κ2) is 4.77. The van der Waals surface area contributed by atoms with E-state index in [4.69, 9.17) is 5.11 Å². The largest absolute Gasteiger partial charge is 0.395 e. The predicted molar refractivity (Wildman–Crippen MR) is 38.8 cm³/mol. The Kier molecular flexibility index (Phi) is 4.72. The molecule has 0 aromatic heterocycles. The van der Waals surface area contributed by atoms with Gasteiger partial charge in [-0.05, 0) is 12.3 Å². The zero-order chi connectivity index (χ0) is 7.28. The molecule has 2 nitrogen and oxygen atoms in total. The summed E-state index contributed by atoms with van der Waals surface area (Å²) in [5.74, 6) is 0.622. The van der Waals surface area contributed by atoms with Gasteiger partial charge in [0, 0.05) is 13.1 Å². The minimum absolute atomic E-state index is 0.171. The monoisotopic (exact) mass is 130 g/mol. The number of aliphatic hydroxyl groups excluding tert-OH is 1. The summed E-state index contributed by atoms with van der Waals surface area (Å²) in [6, 6.07) is 0.171. The maximum absolute atomic E-state index is 8.67. The van der Waals surface area contributed by atoms with Crippen LogP contribution >= 0.6 is 0 Å². The van der Waals surface area contributed by atoms with E-state index in [9.17, 15) is 0 Å². The summed E-state index contributed by atoms with van der Waals surface area (Å²) in [7, 11) is 3.50. The van der Waals surface area contributed by atoms with Gasteiger partial charge < -0.3 is 10.4 Å². The second-order valence-corrected chi connectivity index (χ2v) is 2.71. The quantitative estimate of drug-likeness (QED) is 0.589. The Labute approximate surface area is 57.3 Å². The number of aliphatic hydroxyl groups is 1. The van der Waals surface area contributed by atoms with E-state index in [1.807, 2.05) is 0 Å². The fraction of sp³-hybridized carbons (Fsp3) is 0.857. The van der Waals surface area contributed by atoms with E-state index >= 15 is 0 Å². The minimum atomic E-state index is 0.171. The van der Waals surface area contributed by atoms with Crippen LogP contribution in [0.2, 0.25) is 0 Å². The minimum Gasteiger partial charge on any atom is -0.395 e. The highest BCUT2D eigenvalue weighted by Crippen LogP contribution is 2.02. The smallest absolute Gasteiger partial charge is 0.0584 e. The Morgan fingerprint density at radius 2 is 2.11 bits per heavy atom. The highest BCUT2D eigenvalue weighted by atomic mass is 16.3. The molecular weight excluding hydrogens is 114 g/mol. The van der Waals surface area contributed by atoms with Gasteiger partial charge in [0.05, 0.1) is 6.61 Å². The van der Waals surface area contributed by atoms with Gasteiger partial charge in [0.25, 0.3) is 0 Å². The van der Waals surface area contributed by atoms with Crippen molar-refractivity contribution in [1.82, 2.24) is 5.32 Å². The van der Waals surface area contributed by atoms with Crippen LogP contribution in [0, 0.1) is 13.0 Å². The van der Waals surface area contributed by atoms with E-state index in [0.29, 0.717) is 5.92 Å². The predicted octanol–water partition coefficient (Wildman–Crippen LogP) is 0.775. The van der Waals surface area contributed by atoms with E-state index in [1.165, 1.54) is 0 Å². The third kappa shape index (κ3) is 4.43. The molecule has 0 heterocycles. The molecule has 0 aliphatic rings. The van der Waals surface area contributed by atoms with Gasteiger partial charge in [-0.2, -0.15) is 0 Å². The Bertz CT molecular complexity index is 59.9. The van der Waals surface area contributed by atoms with Crippen LogP contribution < -0.4 is 5.32 Å². The molecule has 9 heavy (non-hydrogen) atoms. The molecule has 0 saturated carbocycles. The second-order valence-electron chi connectivity index (χ2n) is 2.71. The molecule has 2 heteroatoms. The maximum atomic E-state index is 8.67. The van der Waals surface area contributed by atoms with Crippen molar-refractivity contribution < 1.29 is 5.11 Å². The molecule has 1 radical (unpaired) electrons. The molecule has 0 fully saturated rings. The molecule has 0 bridgehead atoms. The van der Waals surface area contributed by atoms with Gasteiger partial charge in [0.15, 0.2) is 0 Å². The molecule has 2 N–H and O–H groups in total. The first kappa shape index (κ1) is 8.92. The van der Waals surface area contributed by atoms with Gasteiger partial charge >= 0.3 is 0 Å². The summed E-state index contributed by atoms with van der Waals surface area (Å²) >= 11 is 0. The van der Waals surface area contributed by atoms with Crippen LogP contribution in [0.25, 0.3) is 0 Å². The topological polar surface area (TPSA) is 32.3 Å². The van der Waals surface area contributed by atoms with Gasteiger partial charge in [0.1, 0.15) is 0 Å². The summed E-state index contributed by atoms with van der Waals surface area (Å²) < 4.78 is 0. The molecule has 1 atom stereocenters. The molecule has 0 spiro atoms. The molecule has 0 aromatic rings. The normalized spacial score (nSPS) is 14.3. The standard InChI is InChI=1S/C7H16NO/c1-6(2)4-7(5-9)8-3/h6-9H,3-5H2,1-2H3. The lowest BCUT2D eigenvalue weighted by Gasteiger charge is -2.14. The van der Waals surface area contributed by atoms with E-state index in [-0.39, 0.29) is 12.6 Å². The lowest BCUT2D eigenvalue weighted by Crippen LogP contribution is -2.28. The molecule has 0 aromatic carbocycles. The van der Waals surface area contributed by atoms with Crippen LogP contribution in [0.15, 0.2) is 0 Å². The first-order valence-electron chi connectivity index (χ1n) is 3.34. The summed E-state index contributed by atoms with van der Waals surface area (Å²) in [6.45, 7) is 4.43. The summed E-state index contributed by atoms with van der Waals surface area (Å²) in [6.07, 6.45) is 0.986. The first-order valence-corrected chi connectivity index (χ1v) is 3.34. The summed E-state index contributed by atoms with van der Waals surface area (Å²) in [5.41, 5.74) is 0. The van der Waals surface area contributed by atoms with Crippen LogP contribution in [0.4, 0.5) is 0 Å². The Morgan fingerprint density at radius 3 is 2.22 bits per heavy atom. The van der Waals surface area contributed by atoms with Gasteiger partial charge in [-0.3, -0.25) is 0 Å². The van der Waals surface area contributed by atoms with Crippen molar-refractivity contribution in [1.29, 1.82) is 0 Å². The lowest BCUT2D eigenvalue weighted by atomic mass is 10.1. The number of rotatable bonds is 4.